The van der Waals surface area contributed by atoms with Gasteiger partial charge in [-0.05, 0) is 25.2 Å². The first-order chi connectivity index (χ1) is 9.28. The number of rotatable bonds is 6. The summed E-state index contributed by atoms with van der Waals surface area (Å²) in [6.07, 6.45) is 0. The van der Waals surface area contributed by atoms with Gasteiger partial charge in [0.15, 0.2) is 0 Å². The number of carbonyl (C=O) groups is 1. The summed E-state index contributed by atoms with van der Waals surface area (Å²) in [5.74, 6) is 0.615. The Morgan fingerprint density at radius 2 is 1.80 bits per heavy atom. The Morgan fingerprint density at radius 3 is 2.35 bits per heavy atom. The van der Waals surface area contributed by atoms with Crippen LogP contribution in [0.1, 0.15) is 31.9 Å². The van der Waals surface area contributed by atoms with E-state index in [1.807, 2.05) is 12.1 Å². The second-order valence-corrected chi connectivity index (χ2v) is 7.99. The molecule has 1 rings (SSSR count). The van der Waals surface area contributed by atoms with Gasteiger partial charge in [-0.15, -0.1) is 11.8 Å². The number of hydrogen-bond donors (Lipinski definition) is 1. The van der Waals surface area contributed by atoms with Gasteiger partial charge in [0.25, 0.3) is 0 Å². The van der Waals surface area contributed by atoms with Crippen LogP contribution in [0.4, 0.5) is 0 Å². The van der Waals surface area contributed by atoms with E-state index < -0.39 is 0 Å². The molecule has 20 heavy (non-hydrogen) atoms. The molecule has 0 fully saturated rings. The Bertz CT molecular complexity index is 438. The first-order valence-corrected chi connectivity index (χ1v) is 7.88. The summed E-state index contributed by atoms with van der Waals surface area (Å²) in [7, 11) is 4.10. The number of carbonyl (C=O) groups excluding carboxylic acids is 1. The number of benzene rings is 1. The van der Waals surface area contributed by atoms with Crippen molar-refractivity contribution in [1.82, 2.24) is 10.2 Å². The standard InChI is InChI=1S/C16H26N2OS/c1-16(2,3)20-12-15(19)17-10-13-8-6-7-9-14(13)11-18(4)5/h6-9H,10-12H2,1-5H3,(H,17,19). The Morgan fingerprint density at radius 1 is 1.20 bits per heavy atom. The fourth-order valence-electron chi connectivity index (χ4n) is 1.75. The molecule has 3 nitrogen and oxygen atoms in total. The average Bonchev–Trinajstić information content (AvgIpc) is 2.34. The molecule has 0 saturated heterocycles. The Hall–Kier alpha value is -1.000. The van der Waals surface area contributed by atoms with Crippen LogP contribution in [0.5, 0.6) is 0 Å². The monoisotopic (exact) mass is 294 g/mol. The molecule has 0 saturated carbocycles. The zero-order valence-electron chi connectivity index (χ0n) is 13.2. The van der Waals surface area contributed by atoms with Crippen molar-refractivity contribution >= 4 is 17.7 Å². The molecule has 0 radical (unpaired) electrons. The Kier molecular flexibility index (Phi) is 6.56. The molecular formula is C16H26N2OS. The fourth-order valence-corrected chi connectivity index (χ4v) is 2.42. The minimum absolute atomic E-state index is 0.101. The van der Waals surface area contributed by atoms with E-state index in [0.717, 1.165) is 6.54 Å². The predicted octanol–water partition coefficient (Wildman–Crippen LogP) is 2.90. The van der Waals surface area contributed by atoms with E-state index in [2.05, 4.69) is 57.2 Å². The molecule has 0 aromatic heterocycles. The summed E-state index contributed by atoms with van der Waals surface area (Å²) in [6, 6.07) is 8.26. The smallest absolute Gasteiger partial charge is 0.230 e. The van der Waals surface area contributed by atoms with E-state index in [1.165, 1.54) is 11.1 Å². The van der Waals surface area contributed by atoms with Crippen LogP contribution in [0, 0.1) is 0 Å². The summed E-state index contributed by atoms with van der Waals surface area (Å²) in [5, 5.41) is 3.01. The van der Waals surface area contributed by atoms with Crippen molar-refractivity contribution in [3.05, 3.63) is 35.4 Å². The number of nitrogens with zero attached hydrogens (tertiary/aromatic N) is 1. The molecule has 1 amide bonds. The largest absolute Gasteiger partial charge is 0.351 e. The molecule has 0 unspecified atom stereocenters. The molecule has 0 aliphatic heterocycles. The van der Waals surface area contributed by atoms with Crippen molar-refractivity contribution in [3.8, 4) is 0 Å². The maximum absolute atomic E-state index is 11.9. The lowest BCUT2D eigenvalue weighted by molar-refractivity contribution is -0.118. The molecule has 0 spiro atoms. The van der Waals surface area contributed by atoms with Crippen molar-refractivity contribution in [2.45, 2.75) is 38.6 Å². The number of hydrogen-bond acceptors (Lipinski definition) is 3. The molecule has 1 aromatic rings. The summed E-state index contributed by atoms with van der Waals surface area (Å²) in [5.41, 5.74) is 2.46. The van der Waals surface area contributed by atoms with Gasteiger partial charge in [0.2, 0.25) is 5.91 Å². The van der Waals surface area contributed by atoms with E-state index in [1.54, 1.807) is 11.8 Å². The van der Waals surface area contributed by atoms with Crippen LogP contribution in [-0.2, 0) is 17.9 Å². The lowest BCUT2D eigenvalue weighted by Gasteiger charge is -2.18. The van der Waals surface area contributed by atoms with Gasteiger partial charge in [0.1, 0.15) is 0 Å². The molecule has 1 aromatic carbocycles. The van der Waals surface area contributed by atoms with Crippen molar-refractivity contribution in [2.75, 3.05) is 19.8 Å². The highest BCUT2D eigenvalue weighted by atomic mass is 32.2. The minimum Gasteiger partial charge on any atom is -0.351 e. The molecule has 0 bridgehead atoms. The van der Waals surface area contributed by atoms with Crippen LogP contribution in [0.2, 0.25) is 0 Å². The van der Waals surface area contributed by atoms with Crippen molar-refractivity contribution in [2.24, 2.45) is 0 Å². The molecule has 0 heterocycles. The quantitative estimate of drug-likeness (QED) is 0.875. The van der Waals surface area contributed by atoms with Crippen molar-refractivity contribution < 1.29 is 4.79 Å². The fraction of sp³-hybridized carbons (Fsp3) is 0.562. The van der Waals surface area contributed by atoms with Gasteiger partial charge in [-0.1, -0.05) is 45.0 Å². The van der Waals surface area contributed by atoms with E-state index >= 15 is 0 Å². The van der Waals surface area contributed by atoms with E-state index in [-0.39, 0.29) is 10.7 Å². The van der Waals surface area contributed by atoms with Gasteiger partial charge in [0, 0.05) is 17.8 Å². The molecule has 0 aliphatic rings. The minimum atomic E-state index is 0.101. The van der Waals surface area contributed by atoms with Crippen LogP contribution in [0.25, 0.3) is 0 Å². The normalized spacial score (nSPS) is 11.7. The summed E-state index contributed by atoms with van der Waals surface area (Å²) in [6.45, 7) is 7.86. The summed E-state index contributed by atoms with van der Waals surface area (Å²) < 4.78 is 0.125. The second-order valence-electron chi connectivity index (χ2n) is 6.18. The molecule has 0 aliphatic carbocycles. The van der Waals surface area contributed by atoms with Crippen LogP contribution in [-0.4, -0.2) is 35.4 Å². The average molecular weight is 294 g/mol. The van der Waals surface area contributed by atoms with Crippen LogP contribution >= 0.6 is 11.8 Å². The number of nitrogens with one attached hydrogen (secondary N) is 1. The highest BCUT2D eigenvalue weighted by Gasteiger charge is 2.13. The van der Waals surface area contributed by atoms with Gasteiger partial charge in [-0.25, -0.2) is 0 Å². The Balaban J connectivity index is 2.51. The zero-order valence-corrected chi connectivity index (χ0v) is 14.0. The summed E-state index contributed by atoms with van der Waals surface area (Å²) in [4.78, 5) is 14.0. The van der Waals surface area contributed by atoms with E-state index in [4.69, 9.17) is 0 Å². The topological polar surface area (TPSA) is 32.3 Å². The van der Waals surface area contributed by atoms with E-state index in [9.17, 15) is 4.79 Å². The highest BCUT2D eigenvalue weighted by Crippen LogP contribution is 2.22. The molecule has 4 heteroatoms. The van der Waals surface area contributed by atoms with Crippen LogP contribution in [0.15, 0.2) is 24.3 Å². The van der Waals surface area contributed by atoms with Gasteiger partial charge in [-0.3, -0.25) is 4.79 Å². The lowest BCUT2D eigenvalue weighted by atomic mass is 10.1. The third-order valence-electron chi connectivity index (χ3n) is 2.72. The summed E-state index contributed by atoms with van der Waals surface area (Å²) >= 11 is 1.67. The van der Waals surface area contributed by atoms with Gasteiger partial charge >= 0.3 is 0 Å². The molecule has 1 N–H and O–H groups in total. The van der Waals surface area contributed by atoms with E-state index in [0.29, 0.717) is 12.3 Å². The first-order valence-electron chi connectivity index (χ1n) is 6.90. The highest BCUT2D eigenvalue weighted by molar-refractivity contribution is 8.01. The maximum Gasteiger partial charge on any atom is 0.230 e. The lowest BCUT2D eigenvalue weighted by Crippen LogP contribution is -2.27. The van der Waals surface area contributed by atoms with Crippen LogP contribution in [0.3, 0.4) is 0 Å². The van der Waals surface area contributed by atoms with Gasteiger partial charge < -0.3 is 10.2 Å². The second kappa shape index (κ2) is 7.70. The van der Waals surface area contributed by atoms with Crippen molar-refractivity contribution in [1.29, 1.82) is 0 Å². The Labute approximate surface area is 127 Å². The third kappa shape index (κ3) is 6.96. The van der Waals surface area contributed by atoms with Gasteiger partial charge in [-0.2, -0.15) is 0 Å². The maximum atomic E-state index is 11.9. The van der Waals surface area contributed by atoms with Gasteiger partial charge in [0.05, 0.1) is 5.75 Å². The molecule has 112 valence electrons. The predicted molar refractivity (Wildman–Crippen MR) is 87.9 cm³/mol. The SMILES string of the molecule is CN(C)Cc1ccccc1CNC(=O)CSC(C)(C)C. The molecular weight excluding hydrogens is 268 g/mol. The number of thioether (sulfide) groups is 1. The van der Waals surface area contributed by atoms with Crippen molar-refractivity contribution in [3.63, 3.8) is 0 Å². The van der Waals surface area contributed by atoms with Crippen LogP contribution < -0.4 is 5.32 Å². The number of amides is 1. The zero-order chi connectivity index (χ0) is 15.2. The third-order valence-corrected chi connectivity index (χ3v) is 3.99. The first kappa shape index (κ1) is 17.1. The molecule has 0 atom stereocenters.